The number of hydrogen-bond donors (Lipinski definition) is 2. The maximum absolute atomic E-state index is 9.73. The van der Waals surface area contributed by atoms with Gasteiger partial charge in [0.1, 0.15) is 18.7 Å². The molecule has 0 amide bonds. The summed E-state index contributed by atoms with van der Waals surface area (Å²) in [6.45, 7) is 0.225. The molecule has 1 aromatic carbocycles. The summed E-state index contributed by atoms with van der Waals surface area (Å²) in [6.07, 6.45) is 0.856. The van der Waals surface area contributed by atoms with Gasteiger partial charge in [0.25, 0.3) is 0 Å². The predicted molar refractivity (Wildman–Crippen MR) is 70.1 cm³/mol. The van der Waals surface area contributed by atoms with E-state index >= 15 is 0 Å². The van der Waals surface area contributed by atoms with E-state index in [2.05, 4.69) is 15.2 Å². The van der Waals surface area contributed by atoms with Crippen molar-refractivity contribution in [2.24, 2.45) is 0 Å². The molecule has 0 aliphatic rings. The highest BCUT2D eigenvalue weighted by atomic mass is 35.5. The summed E-state index contributed by atoms with van der Waals surface area (Å²) < 4.78 is 5.42. The Morgan fingerprint density at radius 2 is 2.17 bits per heavy atom. The molecular weight excluding hydrogens is 274 g/mol. The third-order valence-corrected chi connectivity index (χ3v) is 3.33. The molecule has 96 valence electrons. The number of aliphatic hydroxyl groups excluding tert-OH is 1. The van der Waals surface area contributed by atoms with Crippen LogP contribution in [-0.4, -0.2) is 38.8 Å². The zero-order valence-electron chi connectivity index (χ0n) is 9.41. The number of aromatic amines is 1. The first-order valence-corrected chi connectivity index (χ1v) is 6.65. The molecule has 1 heterocycles. The molecule has 7 heteroatoms. The maximum atomic E-state index is 9.73. The van der Waals surface area contributed by atoms with Gasteiger partial charge in [0.15, 0.2) is 5.16 Å². The van der Waals surface area contributed by atoms with Crippen LogP contribution in [0.1, 0.15) is 0 Å². The summed E-state index contributed by atoms with van der Waals surface area (Å²) in [5.41, 5.74) is 0. The lowest BCUT2D eigenvalue weighted by Crippen LogP contribution is -2.20. The molecule has 0 saturated heterocycles. The molecule has 0 spiro atoms. The Hall–Kier alpha value is -1.24. The van der Waals surface area contributed by atoms with E-state index < -0.39 is 6.10 Å². The third kappa shape index (κ3) is 4.21. The smallest absolute Gasteiger partial charge is 0.183 e. The van der Waals surface area contributed by atoms with Gasteiger partial charge in [-0.2, -0.15) is 5.10 Å². The summed E-state index contributed by atoms with van der Waals surface area (Å²) in [6, 6.07) is 7.01. The molecule has 0 fully saturated rings. The number of thioether (sulfide) groups is 1. The minimum atomic E-state index is -0.573. The van der Waals surface area contributed by atoms with Crippen molar-refractivity contribution >= 4 is 23.4 Å². The number of ether oxygens (including phenoxy) is 1. The fourth-order valence-electron chi connectivity index (χ4n) is 1.21. The highest BCUT2D eigenvalue weighted by molar-refractivity contribution is 7.99. The number of benzene rings is 1. The van der Waals surface area contributed by atoms with Crippen molar-refractivity contribution in [2.75, 3.05) is 12.4 Å². The van der Waals surface area contributed by atoms with Gasteiger partial charge < -0.3 is 9.84 Å². The molecule has 0 saturated carbocycles. The number of hydrogen-bond acceptors (Lipinski definition) is 5. The topological polar surface area (TPSA) is 71.0 Å². The normalized spacial score (nSPS) is 12.3. The van der Waals surface area contributed by atoms with Gasteiger partial charge in [-0.15, -0.1) is 0 Å². The zero-order valence-corrected chi connectivity index (χ0v) is 11.0. The van der Waals surface area contributed by atoms with Crippen LogP contribution in [0.15, 0.2) is 35.7 Å². The van der Waals surface area contributed by atoms with E-state index in [1.807, 2.05) is 0 Å². The van der Waals surface area contributed by atoms with Crippen molar-refractivity contribution in [3.8, 4) is 5.75 Å². The van der Waals surface area contributed by atoms with Crippen molar-refractivity contribution < 1.29 is 9.84 Å². The second-order valence-corrected chi connectivity index (χ2v) is 4.97. The minimum Gasteiger partial charge on any atom is -0.491 e. The predicted octanol–water partition coefficient (Wildman–Crippen LogP) is 1.99. The Morgan fingerprint density at radius 3 is 2.83 bits per heavy atom. The van der Waals surface area contributed by atoms with Crippen LogP contribution in [0.4, 0.5) is 0 Å². The SMILES string of the molecule is OC(COc1ccc(Cl)cc1)CSc1ncn[nH]1. The van der Waals surface area contributed by atoms with Crippen LogP contribution in [-0.2, 0) is 0 Å². The number of rotatable bonds is 6. The van der Waals surface area contributed by atoms with Crippen LogP contribution < -0.4 is 4.74 Å². The van der Waals surface area contributed by atoms with Gasteiger partial charge >= 0.3 is 0 Å². The number of nitrogens with one attached hydrogen (secondary N) is 1. The van der Waals surface area contributed by atoms with Crippen LogP contribution in [0.3, 0.4) is 0 Å². The molecule has 1 unspecified atom stereocenters. The Balaban J connectivity index is 1.71. The van der Waals surface area contributed by atoms with Crippen LogP contribution in [0.25, 0.3) is 0 Å². The Bertz CT molecular complexity index is 464. The number of halogens is 1. The van der Waals surface area contributed by atoms with Gasteiger partial charge in [0.2, 0.25) is 0 Å². The van der Waals surface area contributed by atoms with Crippen LogP contribution >= 0.6 is 23.4 Å². The second kappa shape index (κ2) is 6.63. The van der Waals surface area contributed by atoms with E-state index in [1.165, 1.54) is 18.1 Å². The fraction of sp³-hybridized carbons (Fsp3) is 0.273. The Labute approximate surface area is 114 Å². The number of H-pyrrole nitrogens is 1. The number of aliphatic hydroxyl groups is 1. The van der Waals surface area contributed by atoms with Crippen LogP contribution in [0.5, 0.6) is 5.75 Å². The first-order chi connectivity index (χ1) is 8.74. The van der Waals surface area contributed by atoms with Crippen molar-refractivity contribution in [1.82, 2.24) is 15.2 Å². The molecule has 1 atom stereocenters. The number of aromatic nitrogens is 3. The first-order valence-electron chi connectivity index (χ1n) is 5.28. The molecule has 0 radical (unpaired) electrons. The fourth-order valence-corrected chi connectivity index (χ4v) is 2.02. The lowest BCUT2D eigenvalue weighted by atomic mass is 10.3. The van der Waals surface area contributed by atoms with Crippen LogP contribution in [0.2, 0.25) is 5.02 Å². The molecule has 1 aromatic heterocycles. The van der Waals surface area contributed by atoms with Crippen molar-refractivity contribution in [3.63, 3.8) is 0 Å². The Kier molecular flexibility index (Phi) is 4.86. The van der Waals surface area contributed by atoms with Crippen LogP contribution in [0, 0.1) is 0 Å². The molecule has 0 bridgehead atoms. The molecule has 2 rings (SSSR count). The standard InChI is InChI=1S/C11H12ClN3O2S/c12-8-1-3-10(4-2-8)17-5-9(16)6-18-11-13-7-14-15-11/h1-4,7,9,16H,5-6H2,(H,13,14,15). The van der Waals surface area contributed by atoms with Gasteiger partial charge in [-0.1, -0.05) is 23.4 Å². The lowest BCUT2D eigenvalue weighted by molar-refractivity contribution is 0.126. The quantitative estimate of drug-likeness (QED) is 0.794. The molecule has 2 N–H and O–H groups in total. The van der Waals surface area contributed by atoms with Crippen molar-refractivity contribution in [1.29, 1.82) is 0 Å². The molecular formula is C11H12ClN3O2S. The first kappa shape index (κ1) is 13.2. The molecule has 18 heavy (non-hydrogen) atoms. The zero-order chi connectivity index (χ0) is 12.8. The van der Waals surface area contributed by atoms with Gasteiger partial charge in [-0.3, -0.25) is 5.10 Å². The maximum Gasteiger partial charge on any atom is 0.183 e. The van der Waals surface area contributed by atoms with Gasteiger partial charge in [0, 0.05) is 10.8 Å². The molecule has 2 aromatic rings. The molecule has 5 nitrogen and oxygen atoms in total. The van der Waals surface area contributed by atoms with E-state index in [-0.39, 0.29) is 6.61 Å². The average Bonchev–Trinajstić information content (AvgIpc) is 2.89. The largest absolute Gasteiger partial charge is 0.491 e. The lowest BCUT2D eigenvalue weighted by Gasteiger charge is -2.11. The summed E-state index contributed by atoms with van der Waals surface area (Å²) in [5.74, 6) is 1.17. The van der Waals surface area contributed by atoms with Crippen molar-refractivity contribution in [3.05, 3.63) is 35.6 Å². The van der Waals surface area contributed by atoms with E-state index in [0.29, 0.717) is 21.7 Å². The summed E-state index contributed by atoms with van der Waals surface area (Å²) in [5, 5.41) is 17.5. The van der Waals surface area contributed by atoms with E-state index in [0.717, 1.165) is 0 Å². The summed E-state index contributed by atoms with van der Waals surface area (Å²) in [7, 11) is 0. The van der Waals surface area contributed by atoms with E-state index in [4.69, 9.17) is 16.3 Å². The van der Waals surface area contributed by atoms with Gasteiger partial charge in [-0.05, 0) is 24.3 Å². The number of nitrogens with zero attached hydrogens (tertiary/aromatic N) is 2. The summed E-state index contributed by atoms with van der Waals surface area (Å²) >= 11 is 7.15. The van der Waals surface area contributed by atoms with E-state index in [9.17, 15) is 5.11 Å². The minimum absolute atomic E-state index is 0.225. The molecule has 0 aliphatic heterocycles. The second-order valence-electron chi connectivity index (χ2n) is 3.52. The van der Waals surface area contributed by atoms with E-state index in [1.54, 1.807) is 24.3 Å². The van der Waals surface area contributed by atoms with Gasteiger partial charge in [0.05, 0.1) is 6.10 Å². The highest BCUT2D eigenvalue weighted by Gasteiger charge is 2.07. The monoisotopic (exact) mass is 285 g/mol. The molecule has 0 aliphatic carbocycles. The third-order valence-electron chi connectivity index (χ3n) is 2.06. The summed E-state index contributed by atoms with van der Waals surface area (Å²) in [4.78, 5) is 3.95. The van der Waals surface area contributed by atoms with Gasteiger partial charge in [-0.25, -0.2) is 4.98 Å². The highest BCUT2D eigenvalue weighted by Crippen LogP contribution is 2.17. The Morgan fingerprint density at radius 1 is 1.39 bits per heavy atom. The average molecular weight is 286 g/mol. The van der Waals surface area contributed by atoms with Crippen molar-refractivity contribution in [2.45, 2.75) is 11.3 Å².